The van der Waals surface area contributed by atoms with Crippen molar-refractivity contribution in [3.63, 3.8) is 0 Å². The lowest BCUT2D eigenvalue weighted by atomic mass is 10.1. The van der Waals surface area contributed by atoms with E-state index in [1.165, 1.54) is 0 Å². The highest BCUT2D eigenvalue weighted by atomic mass is 19.2. The molecule has 1 aromatic rings. The summed E-state index contributed by atoms with van der Waals surface area (Å²) in [6.07, 6.45) is -3.11. The summed E-state index contributed by atoms with van der Waals surface area (Å²) in [6, 6.07) is 0. The highest BCUT2D eigenvalue weighted by Crippen LogP contribution is 2.24. The molecule has 3 nitrogen and oxygen atoms in total. The van der Waals surface area contributed by atoms with E-state index >= 15 is 0 Å². The monoisotopic (exact) mass is 270 g/mol. The Bertz CT molecular complexity index is 460. The molecule has 1 N–H and O–H groups in total. The van der Waals surface area contributed by atoms with Gasteiger partial charge in [-0.25, -0.2) is 26.7 Å². The van der Waals surface area contributed by atoms with Gasteiger partial charge in [0.1, 0.15) is 0 Å². The molecule has 18 heavy (non-hydrogen) atoms. The third kappa shape index (κ3) is 2.42. The molecule has 0 fully saturated rings. The molecule has 0 aliphatic carbocycles. The van der Waals surface area contributed by atoms with Crippen molar-refractivity contribution in [1.82, 2.24) is 0 Å². The second kappa shape index (κ2) is 5.30. The quantitative estimate of drug-likeness (QED) is 0.391. The number of aliphatic hydroxyl groups excluding tert-OH is 1. The number of rotatable bonds is 3. The molecule has 0 aliphatic rings. The largest absolute Gasteiger partial charge is 0.467 e. The lowest BCUT2D eigenvalue weighted by Crippen LogP contribution is -2.26. The minimum absolute atomic E-state index is 0.893. The zero-order chi connectivity index (χ0) is 14.0. The molecule has 0 heterocycles. The molecule has 0 saturated carbocycles. The van der Waals surface area contributed by atoms with E-state index in [0.717, 1.165) is 7.11 Å². The molecule has 1 rings (SSSR count). The fourth-order valence-electron chi connectivity index (χ4n) is 1.24. The molecule has 0 amide bonds. The summed E-state index contributed by atoms with van der Waals surface area (Å²) in [6.45, 7) is 0. The van der Waals surface area contributed by atoms with Crippen molar-refractivity contribution in [3.05, 3.63) is 34.6 Å². The number of esters is 1. The second-order valence-electron chi connectivity index (χ2n) is 3.29. The van der Waals surface area contributed by atoms with Gasteiger partial charge in [0.2, 0.25) is 5.82 Å². The first-order chi connectivity index (χ1) is 8.31. The lowest BCUT2D eigenvalue weighted by molar-refractivity contribution is -0.150. The Balaban J connectivity index is 3.22. The molecule has 0 aromatic heterocycles. The van der Waals surface area contributed by atoms with E-state index < -0.39 is 53.1 Å². The smallest absolute Gasteiger partial charge is 0.335 e. The molecular weight excluding hydrogens is 263 g/mol. The van der Waals surface area contributed by atoms with Gasteiger partial charge in [-0.3, -0.25) is 0 Å². The van der Waals surface area contributed by atoms with Crippen molar-refractivity contribution in [2.24, 2.45) is 0 Å². The third-order valence-electron chi connectivity index (χ3n) is 2.17. The maximum Gasteiger partial charge on any atom is 0.335 e. The number of methoxy groups -OCH3 is 1. The molecule has 0 spiro atoms. The number of carbonyl (C=O) groups is 1. The van der Waals surface area contributed by atoms with Crippen LogP contribution in [0.4, 0.5) is 22.0 Å². The Labute approximate surface area is 97.8 Å². The Hall–Kier alpha value is -1.70. The number of benzene rings is 1. The van der Waals surface area contributed by atoms with Crippen LogP contribution in [0, 0.1) is 29.1 Å². The SMILES string of the molecule is COC(=O)[C@H](O)Cc1c(F)c(F)c(F)c(F)c1F. The van der Waals surface area contributed by atoms with Crippen molar-refractivity contribution < 1.29 is 36.6 Å². The third-order valence-corrected chi connectivity index (χ3v) is 2.17. The van der Waals surface area contributed by atoms with Crippen molar-refractivity contribution in [1.29, 1.82) is 0 Å². The molecule has 100 valence electrons. The van der Waals surface area contributed by atoms with Crippen LogP contribution in [0.3, 0.4) is 0 Å². The van der Waals surface area contributed by atoms with E-state index in [4.69, 9.17) is 5.11 Å². The van der Waals surface area contributed by atoms with Crippen molar-refractivity contribution in [2.75, 3.05) is 7.11 Å². The van der Waals surface area contributed by atoms with Crippen LogP contribution in [0.2, 0.25) is 0 Å². The van der Waals surface area contributed by atoms with Crippen LogP contribution >= 0.6 is 0 Å². The zero-order valence-corrected chi connectivity index (χ0v) is 8.94. The summed E-state index contributed by atoms with van der Waals surface area (Å²) in [7, 11) is 0.893. The molecule has 0 bridgehead atoms. The van der Waals surface area contributed by atoms with Gasteiger partial charge in [-0.1, -0.05) is 0 Å². The van der Waals surface area contributed by atoms with Gasteiger partial charge >= 0.3 is 5.97 Å². The Morgan fingerprint density at radius 1 is 1.06 bits per heavy atom. The number of hydrogen-bond acceptors (Lipinski definition) is 3. The Morgan fingerprint density at radius 3 is 1.83 bits per heavy atom. The topological polar surface area (TPSA) is 46.5 Å². The molecule has 0 unspecified atom stereocenters. The first-order valence-electron chi connectivity index (χ1n) is 4.57. The highest BCUT2D eigenvalue weighted by molar-refractivity contribution is 5.74. The van der Waals surface area contributed by atoms with Gasteiger partial charge < -0.3 is 9.84 Å². The standard InChI is InChI=1S/C10H7F5O3/c1-18-10(17)4(16)2-3-5(11)7(13)9(15)8(14)6(3)12/h4,16H,2H2,1H3/t4-/m1/s1. The number of hydrogen-bond donors (Lipinski definition) is 1. The summed E-state index contributed by atoms with van der Waals surface area (Å²) >= 11 is 0. The van der Waals surface area contributed by atoms with Crippen LogP contribution in [0.25, 0.3) is 0 Å². The van der Waals surface area contributed by atoms with Gasteiger partial charge in [0.15, 0.2) is 29.4 Å². The minimum Gasteiger partial charge on any atom is -0.467 e. The van der Waals surface area contributed by atoms with Crippen LogP contribution < -0.4 is 0 Å². The number of carbonyl (C=O) groups excluding carboxylic acids is 1. The van der Waals surface area contributed by atoms with E-state index in [1.54, 1.807) is 0 Å². The maximum absolute atomic E-state index is 13.1. The van der Waals surface area contributed by atoms with E-state index in [2.05, 4.69) is 4.74 Å². The second-order valence-corrected chi connectivity index (χ2v) is 3.29. The molecule has 1 aromatic carbocycles. The highest BCUT2D eigenvalue weighted by Gasteiger charge is 2.28. The average Bonchev–Trinajstić information content (AvgIpc) is 2.37. The van der Waals surface area contributed by atoms with Crippen molar-refractivity contribution in [3.8, 4) is 0 Å². The van der Waals surface area contributed by atoms with Gasteiger partial charge in [0.05, 0.1) is 7.11 Å². The summed E-state index contributed by atoms with van der Waals surface area (Å²) in [5.41, 5.74) is -1.27. The van der Waals surface area contributed by atoms with Crippen LogP contribution in [-0.4, -0.2) is 24.3 Å². The molecule has 0 radical (unpaired) electrons. The predicted molar refractivity (Wildman–Crippen MR) is 48.0 cm³/mol. The van der Waals surface area contributed by atoms with E-state index in [0.29, 0.717) is 0 Å². The zero-order valence-electron chi connectivity index (χ0n) is 8.94. The van der Waals surface area contributed by atoms with Gasteiger partial charge in [-0.15, -0.1) is 0 Å². The summed E-state index contributed by atoms with van der Waals surface area (Å²) in [5, 5.41) is 9.12. The Kier molecular flexibility index (Phi) is 4.23. The fraction of sp³-hybridized carbons (Fsp3) is 0.300. The maximum atomic E-state index is 13.1. The summed E-state index contributed by atoms with van der Waals surface area (Å²) < 4.78 is 68.6. The van der Waals surface area contributed by atoms with Crippen LogP contribution in [-0.2, 0) is 16.0 Å². The van der Waals surface area contributed by atoms with Crippen LogP contribution in [0.15, 0.2) is 0 Å². The average molecular weight is 270 g/mol. The van der Waals surface area contributed by atoms with E-state index in [1.807, 2.05) is 0 Å². The number of ether oxygens (including phenoxy) is 1. The molecular formula is C10H7F5O3. The minimum atomic E-state index is -2.30. The number of aliphatic hydroxyl groups is 1. The molecule has 0 aliphatic heterocycles. The lowest BCUT2D eigenvalue weighted by Gasteiger charge is -2.11. The Morgan fingerprint density at radius 2 is 1.44 bits per heavy atom. The molecule has 8 heteroatoms. The molecule has 0 saturated heterocycles. The van der Waals surface area contributed by atoms with E-state index in [-0.39, 0.29) is 0 Å². The van der Waals surface area contributed by atoms with Crippen LogP contribution in [0.1, 0.15) is 5.56 Å². The summed E-state index contributed by atoms with van der Waals surface area (Å²) in [5.74, 6) is -12.0. The predicted octanol–water partition coefficient (Wildman–Crippen LogP) is 1.46. The van der Waals surface area contributed by atoms with Gasteiger partial charge in [0.25, 0.3) is 0 Å². The normalized spacial score (nSPS) is 12.4. The van der Waals surface area contributed by atoms with Gasteiger partial charge in [-0.2, -0.15) is 0 Å². The fourth-order valence-corrected chi connectivity index (χ4v) is 1.24. The van der Waals surface area contributed by atoms with Crippen molar-refractivity contribution >= 4 is 5.97 Å². The van der Waals surface area contributed by atoms with Gasteiger partial charge in [0, 0.05) is 12.0 Å². The van der Waals surface area contributed by atoms with Crippen molar-refractivity contribution in [2.45, 2.75) is 12.5 Å². The van der Waals surface area contributed by atoms with Gasteiger partial charge in [-0.05, 0) is 0 Å². The first kappa shape index (κ1) is 14.4. The van der Waals surface area contributed by atoms with E-state index in [9.17, 15) is 26.7 Å². The number of halogens is 5. The summed E-state index contributed by atoms with van der Waals surface area (Å²) in [4.78, 5) is 10.8. The van der Waals surface area contributed by atoms with Crippen LogP contribution in [0.5, 0.6) is 0 Å². The first-order valence-corrected chi connectivity index (χ1v) is 4.57. The molecule has 1 atom stereocenters.